The summed E-state index contributed by atoms with van der Waals surface area (Å²) in [6, 6.07) is 12.8. The van der Waals surface area contributed by atoms with Gasteiger partial charge in [0.05, 0.1) is 22.8 Å². The summed E-state index contributed by atoms with van der Waals surface area (Å²) in [6.45, 7) is 0. The first-order valence-electron chi connectivity index (χ1n) is 5.43. The SMILES string of the molecule is COc1cc(O)c(S(C)=O)c(-c2ccccc2)c1. The van der Waals surface area contributed by atoms with Crippen LogP contribution in [0.5, 0.6) is 11.5 Å². The molecule has 0 radical (unpaired) electrons. The van der Waals surface area contributed by atoms with Crippen molar-refractivity contribution in [2.24, 2.45) is 0 Å². The lowest BCUT2D eigenvalue weighted by Crippen LogP contribution is -1.95. The number of hydrogen-bond donors (Lipinski definition) is 1. The van der Waals surface area contributed by atoms with Crippen LogP contribution in [-0.4, -0.2) is 22.7 Å². The first-order chi connectivity index (χ1) is 8.63. The zero-order valence-electron chi connectivity index (χ0n) is 10.2. The molecule has 2 aromatic carbocycles. The van der Waals surface area contributed by atoms with Gasteiger partial charge in [0.15, 0.2) is 0 Å². The molecule has 1 unspecified atom stereocenters. The van der Waals surface area contributed by atoms with Gasteiger partial charge in [0.1, 0.15) is 11.5 Å². The highest BCUT2D eigenvalue weighted by atomic mass is 32.2. The standard InChI is InChI=1S/C14H14O3S/c1-17-11-8-12(10-6-4-3-5-7-10)14(18(2)16)13(15)9-11/h3-9,15H,1-2H3. The highest BCUT2D eigenvalue weighted by Crippen LogP contribution is 2.36. The van der Waals surface area contributed by atoms with Crippen LogP contribution in [0.15, 0.2) is 47.4 Å². The van der Waals surface area contributed by atoms with Crippen molar-refractivity contribution >= 4 is 10.8 Å². The summed E-state index contributed by atoms with van der Waals surface area (Å²) in [5.74, 6) is 0.537. The van der Waals surface area contributed by atoms with Crippen molar-refractivity contribution in [3.05, 3.63) is 42.5 Å². The van der Waals surface area contributed by atoms with E-state index in [2.05, 4.69) is 0 Å². The lowest BCUT2D eigenvalue weighted by molar-refractivity contribution is 0.405. The van der Waals surface area contributed by atoms with E-state index in [1.54, 1.807) is 12.3 Å². The summed E-state index contributed by atoms with van der Waals surface area (Å²) in [5.41, 5.74) is 1.63. The molecule has 3 nitrogen and oxygen atoms in total. The van der Waals surface area contributed by atoms with Crippen LogP contribution in [-0.2, 0) is 10.8 Å². The molecule has 0 amide bonds. The molecular weight excluding hydrogens is 248 g/mol. The van der Waals surface area contributed by atoms with Crippen LogP contribution < -0.4 is 4.74 Å². The highest BCUT2D eigenvalue weighted by Gasteiger charge is 2.15. The summed E-state index contributed by atoms with van der Waals surface area (Å²) in [7, 11) is 0.265. The maximum absolute atomic E-state index is 11.8. The molecule has 0 saturated carbocycles. The normalized spacial score (nSPS) is 12.1. The van der Waals surface area contributed by atoms with Crippen molar-refractivity contribution in [2.45, 2.75) is 4.90 Å². The van der Waals surface area contributed by atoms with Crippen LogP contribution in [0.3, 0.4) is 0 Å². The van der Waals surface area contributed by atoms with Gasteiger partial charge in [-0.2, -0.15) is 0 Å². The summed E-state index contributed by atoms with van der Waals surface area (Å²) in [5, 5.41) is 9.96. The maximum Gasteiger partial charge on any atom is 0.136 e. The Hall–Kier alpha value is -1.81. The second kappa shape index (κ2) is 5.23. The lowest BCUT2D eigenvalue weighted by atomic mass is 10.1. The molecule has 4 heteroatoms. The average molecular weight is 262 g/mol. The van der Waals surface area contributed by atoms with Crippen molar-refractivity contribution in [1.82, 2.24) is 0 Å². The zero-order valence-corrected chi connectivity index (χ0v) is 11.0. The minimum atomic E-state index is -1.27. The summed E-state index contributed by atoms with van der Waals surface area (Å²) >= 11 is 0. The van der Waals surface area contributed by atoms with Crippen LogP contribution in [0.2, 0.25) is 0 Å². The third-order valence-electron chi connectivity index (χ3n) is 2.65. The third kappa shape index (κ3) is 2.38. The fraction of sp³-hybridized carbons (Fsp3) is 0.143. The first-order valence-corrected chi connectivity index (χ1v) is 6.99. The molecule has 18 heavy (non-hydrogen) atoms. The summed E-state index contributed by atoms with van der Waals surface area (Å²) in [6.07, 6.45) is 1.55. The lowest BCUT2D eigenvalue weighted by Gasteiger charge is -2.12. The van der Waals surface area contributed by atoms with E-state index in [0.29, 0.717) is 10.6 Å². The van der Waals surface area contributed by atoms with Crippen molar-refractivity contribution in [3.8, 4) is 22.6 Å². The fourth-order valence-corrected chi connectivity index (χ4v) is 2.68. The van der Waals surface area contributed by atoms with Gasteiger partial charge in [-0.1, -0.05) is 30.3 Å². The second-order valence-electron chi connectivity index (χ2n) is 3.84. The van der Waals surface area contributed by atoms with Gasteiger partial charge >= 0.3 is 0 Å². The second-order valence-corrected chi connectivity index (χ2v) is 5.16. The summed E-state index contributed by atoms with van der Waals surface area (Å²) < 4.78 is 16.9. The Balaban J connectivity index is 2.71. The molecule has 2 aromatic rings. The molecule has 0 saturated heterocycles. The zero-order chi connectivity index (χ0) is 13.1. The minimum absolute atomic E-state index is 0.00552. The topological polar surface area (TPSA) is 46.5 Å². The van der Waals surface area contributed by atoms with E-state index >= 15 is 0 Å². The largest absolute Gasteiger partial charge is 0.507 e. The maximum atomic E-state index is 11.8. The Morgan fingerprint density at radius 1 is 1.17 bits per heavy atom. The van der Waals surface area contributed by atoms with Crippen LogP contribution in [0.25, 0.3) is 11.1 Å². The Kier molecular flexibility index (Phi) is 3.67. The van der Waals surface area contributed by atoms with Gasteiger partial charge in [-0.05, 0) is 11.6 Å². The minimum Gasteiger partial charge on any atom is -0.507 e. The number of ether oxygens (including phenoxy) is 1. The first kappa shape index (κ1) is 12.6. The molecule has 0 heterocycles. The fourth-order valence-electron chi connectivity index (χ4n) is 1.84. The van der Waals surface area contributed by atoms with Crippen molar-refractivity contribution in [2.75, 3.05) is 13.4 Å². The van der Waals surface area contributed by atoms with Gasteiger partial charge in [0.2, 0.25) is 0 Å². The Morgan fingerprint density at radius 2 is 1.83 bits per heavy atom. The van der Waals surface area contributed by atoms with Crippen molar-refractivity contribution in [3.63, 3.8) is 0 Å². The van der Waals surface area contributed by atoms with E-state index in [0.717, 1.165) is 11.1 Å². The third-order valence-corrected chi connectivity index (χ3v) is 3.65. The van der Waals surface area contributed by atoms with Crippen LogP contribution in [0.4, 0.5) is 0 Å². The van der Waals surface area contributed by atoms with E-state index in [1.165, 1.54) is 13.2 Å². The molecule has 0 aliphatic carbocycles. The van der Waals surface area contributed by atoms with Gasteiger partial charge in [-0.25, -0.2) is 0 Å². The van der Waals surface area contributed by atoms with E-state index in [1.807, 2.05) is 30.3 Å². The molecule has 0 spiro atoms. The van der Waals surface area contributed by atoms with Crippen LogP contribution in [0.1, 0.15) is 0 Å². The summed E-state index contributed by atoms with van der Waals surface area (Å²) in [4.78, 5) is 0.432. The molecule has 0 aromatic heterocycles. The number of phenolic OH excluding ortho intramolecular Hbond substituents is 1. The molecule has 94 valence electrons. The van der Waals surface area contributed by atoms with Crippen LogP contribution >= 0.6 is 0 Å². The quantitative estimate of drug-likeness (QED) is 0.925. The molecule has 0 fully saturated rings. The molecule has 2 rings (SSSR count). The van der Waals surface area contributed by atoms with E-state index < -0.39 is 10.8 Å². The Labute approximate surface area is 109 Å². The highest BCUT2D eigenvalue weighted by molar-refractivity contribution is 7.84. The van der Waals surface area contributed by atoms with Gasteiger partial charge in [-0.3, -0.25) is 4.21 Å². The predicted molar refractivity (Wildman–Crippen MR) is 72.4 cm³/mol. The Bertz CT molecular complexity index is 579. The monoisotopic (exact) mass is 262 g/mol. The van der Waals surface area contributed by atoms with Gasteiger partial charge < -0.3 is 9.84 Å². The molecule has 1 N–H and O–H groups in total. The number of hydrogen-bond acceptors (Lipinski definition) is 3. The molecule has 0 aliphatic heterocycles. The predicted octanol–water partition coefficient (Wildman–Crippen LogP) is 2.81. The number of benzene rings is 2. The van der Waals surface area contributed by atoms with Gasteiger partial charge in [0, 0.05) is 17.9 Å². The van der Waals surface area contributed by atoms with Crippen molar-refractivity contribution < 1.29 is 14.1 Å². The molecule has 0 aliphatic rings. The molecule has 1 atom stereocenters. The van der Waals surface area contributed by atoms with Crippen molar-refractivity contribution in [1.29, 1.82) is 0 Å². The average Bonchev–Trinajstić information content (AvgIpc) is 2.38. The number of rotatable bonds is 3. The van der Waals surface area contributed by atoms with Crippen LogP contribution in [0, 0.1) is 0 Å². The van der Waals surface area contributed by atoms with Gasteiger partial charge in [0.25, 0.3) is 0 Å². The Morgan fingerprint density at radius 3 is 2.39 bits per heavy atom. The number of phenols is 1. The van der Waals surface area contributed by atoms with Gasteiger partial charge in [-0.15, -0.1) is 0 Å². The van der Waals surface area contributed by atoms with E-state index in [-0.39, 0.29) is 5.75 Å². The van der Waals surface area contributed by atoms with E-state index in [4.69, 9.17) is 4.74 Å². The number of aromatic hydroxyl groups is 1. The number of methoxy groups -OCH3 is 1. The molecular formula is C14H14O3S. The smallest absolute Gasteiger partial charge is 0.136 e. The molecule has 0 bridgehead atoms. The van der Waals surface area contributed by atoms with E-state index in [9.17, 15) is 9.32 Å².